The van der Waals surface area contributed by atoms with Crippen LogP contribution in [0.15, 0.2) is 4.99 Å². The molecule has 0 aliphatic carbocycles. The van der Waals surface area contributed by atoms with Crippen molar-refractivity contribution in [1.29, 1.82) is 0 Å². The molecule has 1 rings (SSSR count). The van der Waals surface area contributed by atoms with E-state index < -0.39 is 0 Å². The van der Waals surface area contributed by atoms with Crippen molar-refractivity contribution in [2.75, 3.05) is 32.7 Å². The van der Waals surface area contributed by atoms with E-state index in [2.05, 4.69) is 48.2 Å². The van der Waals surface area contributed by atoms with Gasteiger partial charge in [-0.25, -0.2) is 0 Å². The SMILES string of the molecule is CCNC(=NCCN1CCC(C)CC1)NC(C)C. The number of piperidine rings is 1. The summed E-state index contributed by atoms with van der Waals surface area (Å²) in [7, 11) is 0. The van der Waals surface area contributed by atoms with E-state index >= 15 is 0 Å². The van der Waals surface area contributed by atoms with Gasteiger partial charge in [0.25, 0.3) is 0 Å². The maximum atomic E-state index is 4.62. The van der Waals surface area contributed by atoms with Gasteiger partial charge in [-0.3, -0.25) is 4.99 Å². The molecule has 1 saturated heterocycles. The summed E-state index contributed by atoms with van der Waals surface area (Å²) in [6.45, 7) is 14.1. The molecular weight excluding hydrogens is 224 g/mol. The number of rotatable bonds is 5. The summed E-state index contributed by atoms with van der Waals surface area (Å²) in [5, 5.41) is 6.63. The van der Waals surface area contributed by atoms with E-state index in [0.717, 1.165) is 31.5 Å². The van der Waals surface area contributed by atoms with Crippen LogP contribution in [0.5, 0.6) is 0 Å². The smallest absolute Gasteiger partial charge is 0.191 e. The second-order valence-corrected chi connectivity index (χ2v) is 5.58. The quantitative estimate of drug-likeness (QED) is 0.579. The lowest BCUT2D eigenvalue weighted by molar-refractivity contribution is 0.197. The Hall–Kier alpha value is -0.770. The third-order valence-corrected chi connectivity index (χ3v) is 3.33. The van der Waals surface area contributed by atoms with Crippen LogP contribution in [0.1, 0.15) is 40.5 Å². The number of hydrogen-bond donors (Lipinski definition) is 2. The molecule has 0 spiro atoms. The van der Waals surface area contributed by atoms with Crippen molar-refractivity contribution < 1.29 is 0 Å². The Morgan fingerprint density at radius 1 is 1.33 bits per heavy atom. The minimum absolute atomic E-state index is 0.429. The molecule has 0 aromatic carbocycles. The number of guanidine groups is 1. The zero-order valence-corrected chi connectivity index (χ0v) is 12.5. The molecule has 0 aromatic heterocycles. The number of likely N-dealkylation sites (tertiary alicyclic amines) is 1. The molecule has 1 aliphatic heterocycles. The monoisotopic (exact) mass is 254 g/mol. The molecule has 4 heteroatoms. The van der Waals surface area contributed by atoms with E-state index in [-0.39, 0.29) is 0 Å². The van der Waals surface area contributed by atoms with Gasteiger partial charge in [-0.15, -0.1) is 0 Å². The molecular formula is C14H30N4. The van der Waals surface area contributed by atoms with Gasteiger partial charge in [0.1, 0.15) is 0 Å². The van der Waals surface area contributed by atoms with E-state index in [4.69, 9.17) is 0 Å². The fourth-order valence-electron chi connectivity index (χ4n) is 2.18. The first-order chi connectivity index (χ1) is 8.61. The van der Waals surface area contributed by atoms with Crippen molar-refractivity contribution in [3.63, 3.8) is 0 Å². The van der Waals surface area contributed by atoms with Gasteiger partial charge in [0.2, 0.25) is 0 Å². The molecule has 1 fully saturated rings. The van der Waals surface area contributed by atoms with E-state index in [1.54, 1.807) is 0 Å². The maximum absolute atomic E-state index is 4.62. The Labute approximate surface area is 112 Å². The first-order valence-electron chi connectivity index (χ1n) is 7.39. The first kappa shape index (κ1) is 15.3. The molecule has 0 radical (unpaired) electrons. The molecule has 0 bridgehead atoms. The van der Waals surface area contributed by atoms with Crippen molar-refractivity contribution in [2.24, 2.45) is 10.9 Å². The zero-order chi connectivity index (χ0) is 13.4. The Morgan fingerprint density at radius 2 is 2.00 bits per heavy atom. The summed E-state index contributed by atoms with van der Waals surface area (Å²) in [4.78, 5) is 7.15. The lowest BCUT2D eigenvalue weighted by Crippen LogP contribution is -2.41. The van der Waals surface area contributed by atoms with Crippen LogP contribution in [0.3, 0.4) is 0 Å². The average Bonchev–Trinajstić information content (AvgIpc) is 2.31. The lowest BCUT2D eigenvalue weighted by Gasteiger charge is -2.29. The Kier molecular flexibility index (Phi) is 7.09. The predicted octanol–water partition coefficient (Wildman–Crippen LogP) is 1.68. The summed E-state index contributed by atoms with van der Waals surface area (Å²) in [5.41, 5.74) is 0. The van der Waals surface area contributed by atoms with Crippen LogP contribution >= 0.6 is 0 Å². The van der Waals surface area contributed by atoms with Gasteiger partial charge in [-0.1, -0.05) is 6.92 Å². The van der Waals surface area contributed by atoms with Crippen LogP contribution in [-0.2, 0) is 0 Å². The van der Waals surface area contributed by atoms with Crippen molar-refractivity contribution in [1.82, 2.24) is 15.5 Å². The summed E-state index contributed by atoms with van der Waals surface area (Å²) >= 11 is 0. The van der Waals surface area contributed by atoms with Crippen LogP contribution in [0.4, 0.5) is 0 Å². The van der Waals surface area contributed by atoms with E-state index in [9.17, 15) is 0 Å². The van der Waals surface area contributed by atoms with Crippen LogP contribution in [-0.4, -0.2) is 49.6 Å². The molecule has 2 N–H and O–H groups in total. The molecule has 0 atom stereocenters. The van der Waals surface area contributed by atoms with Crippen LogP contribution in [0, 0.1) is 5.92 Å². The van der Waals surface area contributed by atoms with Crippen molar-refractivity contribution in [3.05, 3.63) is 0 Å². The normalized spacial score (nSPS) is 19.3. The highest BCUT2D eigenvalue weighted by atomic mass is 15.2. The summed E-state index contributed by atoms with van der Waals surface area (Å²) in [6, 6.07) is 0.429. The first-order valence-corrected chi connectivity index (χ1v) is 7.39. The fourth-order valence-corrected chi connectivity index (χ4v) is 2.18. The van der Waals surface area contributed by atoms with Crippen molar-refractivity contribution >= 4 is 5.96 Å². The van der Waals surface area contributed by atoms with Gasteiger partial charge in [-0.05, 0) is 52.6 Å². The van der Waals surface area contributed by atoms with E-state index in [0.29, 0.717) is 6.04 Å². The second-order valence-electron chi connectivity index (χ2n) is 5.58. The summed E-state index contributed by atoms with van der Waals surface area (Å²) < 4.78 is 0. The van der Waals surface area contributed by atoms with E-state index in [1.165, 1.54) is 25.9 Å². The molecule has 0 saturated carbocycles. The molecule has 0 aromatic rings. The van der Waals surface area contributed by atoms with Crippen LogP contribution in [0.2, 0.25) is 0 Å². The van der Waals surface area contributed by atoms with Crippen molar-refractivity contribution in [3.8, 4) is 0 Å². The molecule has 0 unspecified atom stereocenters. The van der Waals surface area contributed by atoms with Gasteiger partial charge in [0.15, 0.2) is 5.96 Å². The highest BCUT2D eigenvalue weighted by Crippen LogP contribution is 2.15. The number of aliphatic imine (C=N–C) groups is 1. The maximum Gasteiger partial charge on any atom is 0.191 e. The minimum atomic E-state index is 0.429. The molecule has 0 amide bonds. The molecule has 1 aliphatic rings. The predicted molar refractivity (Wildman–Crippen MR) is 79.1 cm³/mol. The molecule has 18 heavy (non-hydrogen) atoms. The van der Waals surface area contributed by atoms with Gasteiger partial charge in [0, 0.05) is 19.1 Å². The van der Waals surface area contributed by atoms with Gasteiger partial charge in [0.05, 0.1) is 6.54 Å². The lowest BCUT2D eigenvalue weighted by atomic mass is 9.99. The van der Waals surface area contributed by atoms with Gasteiger partial charge < -0.3 is 15.5 Å². The van der Waals surface area contributed by atoms with E-state index in [1.807, 2.05) is 0 Å². The number of hydrogen-bond acceptors (Lipinski definition) is 2. The average molecular weight is 254 g/mol. The third-order valence-electron chi connectivity index (χ3n) is 3.33. The molecule has 1 heterocycles. The zero-order valence-electron chi connectivity index (χ0n) is 12.5. The number of nitrogens with zero attached hydrogens (tertiary/aromatic N) is 2. The van der Waals surface area contributed by atoms with Gasteiger partial charge in [-0.2, -0.15) is 0 Å². The largest absolute Gasteiger partial charge is 0.357 e. The Morgan fingerprint density at radius 3 is 2.56 bits per heavy atom. The topological polar surface area (TPSA) is 39.7 Å². The highest BCUT2D eigenvalue weighted by Gasteiger charge is 2.14. The summed E-state index contributed by atoms with van der Waals surface area (Å²) in [5.74, 6) is 1.85. The molecule has 4 nitrogen and oxygen atoms in total. The summed E-state index contributed by atoms with van der Waals surface area (Å²) in [6.07, 6.45) is 2.68. The number of nitrogens with one attached hydrogen (secondary N) is 2. The van der Waals surface area contributed by atoms with Crippen molar-refractivity contribution in [2.45, 2.75) is 46.6 Å². The Bertz CT molecular complexity index is 242. The fraction of sp³-hybridized carbons (Fsp3) is 0.929. The van der Waals surface area contributed by atoms with Crippen LogP contribution in [0.25, 0.3) is 0 Å². The van der Waals surface area contributed by atoms with Gasteiger partial charge >= 0.3 is 0 Å². The Balaban J connectivity index is 2.27. The minimum Gasteiger partial charge on any atom is -0.357 e. The highest BCUT2D eigenvalue weighted by molar-refractivity contribution is 5.79. The standard InChI is InChI=1S/C14H30N4/c1-5-15-14(17-12(2)3)16-8-11-18-9-6-13(4)7-10-18/h12-13H,5-11H2,1-4H3,(H2,15,16,17). The van der Waals surface area contributed by atoms with Crippen LogP contribution < -0.4 is 10.6 Å². The third kappa shape index (κ3) is 6.24. The molecule has 106 valence electrons. The second kappa shape index (κ2) is 8.35.